The number of fused-ring (bicyclic) bond motifs is 1. The molecule has 0 spiro atoms. The minimum Gasteiger partial charge on any atom is -0.461 e. The predicted octanol–water partition coefficient (Wildman–Crippen LogP) is 4.74. The Morgan fingerprint density at radius 3 is 2.64 bits per heavy atom. The summed E-state index contributed by atoms with van der Waals surface area (Å²) in [6.07, 6.45) is 5.82. The van der Waals surface area contributed by atoms with Gasteiger partial charge in [-0.05, 0) is 37.0 Å². The normalized spacial score (nSPS) is 13.8. The number of furan rings is 1. The molecule has 1 aromatic heterocycles. The highest BCUT2D eigenvalue weighted by atomic mass is 16.3. The van der Waals surface area contributed by atoms with Crippen LogP contribution in [0.2, 0.25) is 0 Å². The molecule has 3 aromatic rings. The van der Waals surface area contributed by atoms with Gasteiger partial charge in [0, 0.05) is 23.9 Å². The SMILES string of the molecule is c1ccc(CCCCCc2cc3ccc(C4=NCCN4)cc3o2)cc1. The minimum atomic E-state index is 0.861. The summed E-state index contributed by atoms with van der Waals surface area (Å²) in [5, 5.41) is 4.50. The van der Waals surface area contributed by atoms with Crippen molar-refractivity contribution < 1.29 is 4.42 Å². The maximum absolute atomic E-state index is 6.05. The Morgan fingerprint density at radius 1 is 0.920 bits per heavy atom. The van der Waals surface area contributed by atoms with E-state index in [2.05, 4.69) is 64.9 Å². The maximum Gasteiger partial charge on any atom is 0.135 e. The summed E-state index contributed by atoms with van der Waals surface area (Å²) in [7, 11) is 0. The summed E-state index contributed by atoms with van der Waals surface area (Å²) in [5.74, 6) is 2.08. The van der Waals surface area contributed by atoms with Crippen LogP contribution in [0, 0.1) is 0 Å². The third-order valence-corrected chi connectivity index (χ3v) is 4.75. The molecule has 0 aliphatic carbocycles. The Balaban J connectivity index is 1.31. The van der Waals surface area contributed by atoms with E-state index in [1.165, 1.54) is 36.6 Å². The molecular formula is C22H24N2O. The molecular weight excluding hydrogens is 308 g/mol. The minimum absolute atomic E-state index is 0.861. The second-order valence-corrected chi connectivity index (χ2v) is 6.67. The molecule has 0 saturated heterocycles. The molecule has 1 aliphatic heterocycles. The molecule has 3 nitrogen and oxygen atoms in total. The number of aryl methyl sites for hydroxylation is 2. The van der Waals surface area contributed by atoms with Gasteiger partial charge in [-0.3, -0.25) is 4.99 Å². The Hall–Kier alpha value is -2.55. The van der Waals surface area contributed by atoms with Gasteiger partial charge in [-0.2, -0.15) is 0 Å². The van der Waals surface area contributed by atoms with Crippen molar-refractivity contribution in [2.45, 2.75) is 32.1 Å². The van der Waals surface area contributed by atoms with Crippen molar-refractivity contribution in [3.63, 3.8) is 0 Å². The molecule has 0 bridgehead atoms. The van der Waals surface area contributed by atoms with Gasteiger partial charge in [-0.25, -0.2) is 0 Å². The third-order valence-electron chi connectivity index (χ3n) is 4.75. The number of rotatable bonds is 7. The van der Waals surface area contributed by atoms with E-state index in [0.29, 0.717) is 0 Å². The first-order valence-corrected chi connectivity index (χ1v) is 9.23. The summed E-state index contributed by atoms with van der Waals surface area (Å²) < 4.78 is 6.05. The lowest BCUT2D eigenvalue weighted by atomic mass is 10.1. The van der Waals surface area contributed by atoms with Crippen molar-refractivity contribution in [2.24, 2.45) is 4.99 Å². The van der Waals surface area contributed by atoms with E-state index in [1.807, 2.05) is 0 Å². The molecule has 2 aromatic carbocycles. The summed E-state index contributed by atoms with van der Waals surface area (Å²) in [6.45, 7) is 1.79. The molecule has 0 fully saturated rings. The Labute approximate surface area is 148 Å². The number of hydrogen-bond acceptors (Lipinski definition) is 3. The number of amidine groups is 1. The highest BCUT2D eigenvalue weighted by molar-refractivity contribution is 6.02. The lowest BCUT2D eigenvalue weighted by Crippen LogP contribution is -2.19. The lowest BCUT2D eigenvalue weighted by Gasteiger charge is -2.01. The number of aliphatic imine (C=N–C) groups is 1. The van der Waals surface area contributed by atoms with E-state index < -0.39 is 0 Å². The van der Waals surface area contributed by atoms with E-state index in [0.717, 1.165) is 42.3 Å². The first-order chi connectivity index (χ1) is 12.4. The molecule has 128 valence electrons. The quantitative estimate of drug-likeness (QED) is 0.635. The van der Waals surface area contributed by atoms with Crippen molar-refractivity contribution >= 4 is 16.8 Å². The van der Waals surface area contributed by atoms with Crippen LogP contribution in [0.25, 0.3) is 11.0 Å². The second kappa shape index (κ2) is 7.56. The molecule has 1 aliphatic rings. The van der Waals surface area contributed by atoms with Crippen molar-refractivity contribution in [2.75, 3.05) is 13.1 Å². The van der Waals surface area contributed by atoms with Crippen LogP contribution in [0.3, 0.4) is 0 Å². The van der Waals surface area contributed by atoms with Gasteiger partial charge in [-0.15, -0.1) is 0 Å². The molecule has 3 heteroatoms. The molecule has 0 atom stereocenters. The topological polar surface area (TPSA) is 37.5 Å². The standard InChI is InChI=1S/C22H24N2O/c1-3-7-17(8-4-1)9-5-2-6-10-20-15-18-11-12-19(16-21(18)25-20)22-23-13-14-24-22/h1,3-4,7-8,11-12,15-16H,2,5-6,9-10,13-14H2,(H,23,24). The largest absolute Gasteiger partial charge is 0.461 e. The summed E-state index contributed by atoms with van der Waals surface area (Å²) in [5.41, 5.74) is 3.52. The molecule has 0 radical (unpaired) electrons. The van der Waals surface area contributed by atoms with Crippen LogP contribution in [-0.4, -0.2) is 18.9 Å². The molecule has 0 unspecified atom stereocenters. The van der Waals surface area contributed by atoms with Gasteiger partial charge >= 0.3 is 0 Å². The lowest BCUT2D eigenvalue weighted by molar-refractivity contribution is 0.528. The first-order valence-electron chi connectivity index (χ1n) is 9.23. The van der Waals surface area contributed by atoms with Crippen molar-refractivity contribution in [1.82, 2.24) is 5.32 Å². The zero-order valence-electron chi connectivity index (χ0n) is 14.5. The zero-order valence-corrected chi connectivity index (χ0v) is 14.5. The second-order valence-electron chi connectivity index (χ2n) is 6.67. The zero-order chi connectivity index (χ0) is 16.9. The fourth-order valence-corrected chi connectivity index (χ4v) is 3.40. The van der Waals surface area contributed by atoms with Gasteiger partial charge in [0.1, 0.15) is 17.2 Å². The van der Waals surface area contributed by atoms with Gasteiger partial charge in [0.2, 0.25) is 0 Å². The highest BCUT2D eigenvalue weighted by Gasteiger charge is 2.10. The maximum atomic E-state index is 6.05. The van der Waals surface area contributed by atoms with Gasteiger partial charge in [-0.1, -0.05) is 48.9 Å². The van der Waals surface area contributed by atoms with Crippen LogP contribution < -0.4 is 5.32 Å². The summed E-state index contributed by atoms with van der Waals surface area (Å²) in [6, 6.07) is 19.3. The van der Waals surface area contributed by atoms with Crippen molar-refractivity contribution in [3.05, 3.63) is 71.5 Å². The van der Waals surface area contributed by atoms with E-state index in [9.17, 15) is 0 Å². The van der Waals surface area contributed by atoms with E-state index in [-0.39, 0.29) is 0 Å². The van der Waals surface area contributed by atoms with E-state index in [1.54, 1.807) is 0 Å². The van der Waals surface area contributed by atoms with E-state index >= 15 is 0 Å². The van der Waals surface area contributed by atoms with Gasteiger partial charge < -0.3 is 9.73 Å². The van der Waals surface area contributed by atoms with Gasteiger partial charge in [0.15, 0.2) is 0 Å². The molecule has 25 heavy (non-hydrogen) atoms. The summed E-state index contributed by atoms with van der Waals surface area (Å²) in [4.78, 5) is 4.48. The van der Waals surface area contributed by atoms with Crippen molar-refractivity contribution in [1.29, 1.82) is 0 Å². The monoisotopic (exact) mass is 332 g/mol. The molecule has 2 heterocycles. The molecule has 0 amide bonds. The van der Waals surface area contributed by atoms with Crippen molar-refractivity contribution in [3.8, 4) is 0 Å². The average Bonchev–Trinajstić information content (AvgIpc) is 3.31. The van der Waals surface area contributed by atoms with Crippen LogP contribution in [0.15, 0.2) is 64.0 Å². The fraction of sp³-hybridized carbons (Fsp3) is 0.318. The van der Waals surface area contributed by atoms with Gasteiger partial charge in [0.25, 0.3) is 0 Å². The first kappa shape index (κ1) is 15.9. The number of unbranched alkanes of at least 4 members (excludes halogenated alkanes) is 2. The van der Waals surface area contributed by atoms with E-state index in [4.69, 9.17) is 4.42 Å². The van der Waals surface area contributed by atoms with Crippen LogP contribution in [0.4, 0.5) is 0 Å². The number of benzene rings is 2. The van der Waals surface area contributed by atoms with Crippen LogP contribution in [0.5, 0.6) is 0 Å². The Morgan fingerprint density at radius 2 is 1.80 bits per heavy atom. The Kier molecular flexibility index (Phi) is 4.82. The number of nitrogens with one attached hydrogen (secondary N) is 1. The summed E-state index contributed by atoms with van der Waals surface area (Å²) >= 11 is 0. The fourth-order valence-electron chi connectivity index (χ4n) is 3.40. The number of nitrogens with zero attached hydrogens (tertiary/aromatic N) is 1. The third kappa shape index (κ3) is 3.93. The van der Waals surface area contributed by atoms with Gasteiger partial charge in [0.05, 0.1) is 6.54 Å². The smallest absolute Gasteiger partial charge is 0.135 e. The molecule has 0 saturated carbocycles. The highest BCUT2D eigenvalue weighted by Crippen LogP contribution is 2.23. The average molecular weight is 332 g/mol. The molecule has 4 rings (SSSR count). The van der Waals surface area contributed by atoms with Crippen LogP contribution in [0.1, 0.15) is 36.1 Å². The Bertz CT molecular complexity index is 864. The van der Waals surface area contributed by atoms with Crippen LogP contribution >= 0.6 is 0 Å². The number of hydrogen-bond donors (Lipinski definition) is 1. The predicted molar refractivity (Wildman–Crippen MR) is 103 cm³/mol. The van der Waals surface area contributed by atoms with Crippen LogP contribution in [-0.2, 0) is 12.8 Å². The molecule has 1 N–H and O–H groups in total.